The van der Waals surface area contributed by atoms with Gasteiger partial charge in [0.1, 0.15) is 10.6 Å². The summed E-state index contributed by atoms with van der Waals surface area (Å²) in [5, 5.41) is 4.81. The molecule has 0 aromatic heterocycles. The second kappa shape index (κ2) is 4.35. The number of hydrogen-bond donors (Lipinski definition) is 2. The molecule has 10 heteroatoms. The van der Waals surface area contributed by atoms with Crippen molar-refractivity contribution in [2.45, 2.75) is 11.3 Å². The van der Waals surface area contributed by atoms with Crippen LogP contribution in [0.3, 0.4) is 0 Å². The van der Waals surface area contributed by atoms with Gasteiger partial charge in [-0.15, -0.1) is 13.2 Å². The maximum atomic E-state index is 12.0. The Bertz CT molecular complexity index is 544. The van der Waals surface area contributed by atoms with Crippen molar-refractivity contribution in [3.8, 4) is 5.75 Å². The molecule has 0 heterocycles. The lowest BCUT2D eigenvalue weighted by molar-refractivity contribution is -0.274. The summed E-state index contributed by atoms with van der Waals surface area (Å²) in [7, 11) is -4.11. The highest BCUT2D eigenvalue weighted by atomic mass is 79.9. The number of hydrogen-bond acceptors (Lipinski definition) is 4. The molecule has 0 bridgehead atoms. The molecule has 0 aliphatic carbocycles. The van der Waals surface area contributed by atoms with Crippen molar-refractivity contribution in [2.24, 2.45) is 5.14 Å². The molecule has 1 rings (SSSR count). The van der Waals surface area contributed by atoms with Crippen LogP contribution in [-0.2, 0) is 10.0 Å². The van der Waals surface area contributed by atoms with Crippen molar-refractivity contribution < 1.29 is 26.3 Å². The fourth-order valence-corrected chi connectivity index (χ4v) is 2.25. The van der Waals surface area contributed by atoms with E-state index in [-0.39, 0.29) is 4.47 Å². The van der Waals surface area contributed by atoms with Gasteiger partial charge in [0.15, 0.2) is 0 Å². The zero-order valence-corrected chi connectivity index (χ0v) is 10.4. The predicted octanol–water partition coefficient (Wildman–Crippen LogP) is 1.58. The molecule has 0 saturated carbocycles. The van der Waals surface area contributed by atoms with E-state index in [2.05, 4.69) is 20.7 Å². The molecule has 0 amide bonds. The maximum absolute atomic E-state index is 12.0. The summed E-state index contributed by atoms with van der Waals surface area (Å²) in [4.78, 5) is -0.487. The third-order valence-corrected chi connectivity index (χ3v) is 3.18. The van der Waals surface area contributed by atoms with Crippen LogP contribution in [0.25, 0.3) is 0 Å². The van der Waals surface area contributed by atoms with Crippen molar-refractivity contribution in [3.63, 3.8) is 0 Å². The fraction of sp³-hybridized carbons (Fsp3) is 0.143. The van der Waals surface area contributed by atoms with Gasteiger partial charge in [0.2, 0.25) is 10.0 Å². The number of nitrogen functional groups attached to an aromatic ring is 1. The van der Waals surface area contributed by atoms with Crippen LogP contribution in [0, 0.1) is 0 Å². The van der Waals surface area contributed by atoms with Crippen molar-refractivity contribution >= 4 is 31.6 Å². The monoisotopic (exact) mass is 334 g/mol. The van der Waals surface area contributed by atoms with E-state index in [0.717, 1.165) is 12.1 Å². The highest BCUT2D eigenvalue weighted by Crippen LogP contribution is 2.35. The molecule has 4 N–H and O–H groups in total. The summed E-state index contributed by atoms with van der Waals surface area (Å²) >= 11 is 2.73. The quantitative estimate of drug-likeness (QED) is 0.802. The number of ether oxygens (including phenoxy) is 1. The average Bonchev–Trinajstić information content (AvgIpc) is 2.06. The van der Waals surface area contributed by atoms with Crippen LogP contribution >= 0.6 is 15.9 Å². The van der Waals surface area contributed by atoms with E-state index in [9.17, 15) is 21.6 Å². The highest BCUT2D eigenvalue weighted by Gasteiger charge is 2.32. The molecule has 0 aliphatic heterocycles. The largest absolute Gasteiger partial charge is 0.573 e. The van der Waals surface area contributed by atoms with Crippen molar-refractivity contribution in [1.82, 2.24) is 0 Å². The normalized spacial score (nSPS) is 12.5. The van der Waals surface area contributed by atoms with Crippen LogP contribution in [0.4, 0.5) is 18.9 Å². The van der Waals surface area contributed by atoms with Crippen molar-refractivity contribution in [3.05, 3.63) is 16.6 Å². The minimum Gasteiger partial charge on any atom is -0.405 e. The number of primary sulfonamides is 1. The Morgan fingerprint density at radius 2 is 1.82 bits per heavy atom. The van der Waals surface area contributed by atoms with Gasteiger partial charge < -0.3 is 10.5 Å². The SMILES string of the molecule is Nc1cc(OC(F)(F)F)c(Br)cc1S(N)(=O)=O. The first-order valence-corrected chi connectivity index (χ1v) is 6.22. The molecular weight excluding hydrogens is 329 g/mol. The molecule has 17 heavy (non-hydrogen) atoms. The van der Waals surface area contributed by atoms with E-state index in [1.54, 1.807) is 0 Å². The van der Waals surface area contributed by atoms with Gasteiger partial charge in [-0.2, -0.15) is 0 Å². The van der Waals surface area contributed by atoms with Crippen molar-refractivity contribution in [2.75, 3.05) is 5.73 Å². The molecule has 96 valence electrons. The first kappa shape index (κ1) is 14.1. The second-order valence-electron chi connectivity index (χ2n) is 2.91. The molecule has 0 saturated heterocycles. The van der Waals surface area contributed by atoms with Crippen LogP contribution < -0.4 is 15.6 Å². The van der Waals surface area contributed by atoms with Crippen molar-refractivity contribution in [1.29, 1.82) is 0 Å². The summed E-state index contributed by atoms with van der Waals surface area (Å²) in [5.41, 5.74) is 4.83. The summed E-state index contributed by atoms with van der Waals surface area (Å²) < 4.78 is 61.3. The first-order chi connectivity index (χ1) is 7.50. The molecule has 0 radical (unpaired) electrons. The molecule has 5 nitrogen and oxygen atoms in total. The topological polar surface area (TPSA) is 95.4 Å². The molecular formula is C7H6BrF3N2O3S. The lowest BCUT2D eigenvalue weighted by atomic mass is 10.3. The number of benzene rings is 1. The second-order valence-corrected chi connectivity index (χ2v) is 5.30. The molecule has 1 aromatic carbocycles. The number of rotatable bonds is 2. The standard InChI is InChI=1S/C7H6BrF3N2O3S/c8-3-1-6(17(13,14)15)4(12)2-5(3)16-7(9,10)11/h1-2H,12H2,(H2,13,14,15). The minimum absolute atomic E-state index is 0.229. The number of halogens is 4. The Morgan fingerprint density at radius 1 is 1.29 bits per heavy atom. The lowest BCUT2D eigenvalue weighted by Crippen LogP contribution is -2.19. The third kappa shape index (κ3) is 3.75. The van der Waals surface area contributed by atoms with Crippen LogP contribution in [0.5, 0.6) is 5.75 Å². The third-order valence-electron chi connectivity index (χ3n) is 1.60. The van der Waals surface area contributed by atoms with E-state index in [0.29, 0.717) is 0 Å². The van der Waals surface area contributed by atoms with Gasteiger partial charge in [-0.25, -0.2) is 13.6 Å². The predicted molar refractivity (Wildman–Crippen MR) is 56.6 cm³/mol. The van der Waals surface area contributed by atoms with Gasteiger partial charge in [0.05, 0.1) is 10.2 Å². The fourth-order valence-electron chi connectivity index (χ4n) is 1.00. The average molecular weight is 335 g/mol. The molecule has 0 fully saturated rings. The molecule has 0 spiro atoms. The maximum Gasteiger partial charge on any atom is 0.573 e. The van der Waals surface area contributed by atoms with Gasteiger partial charge in [0.25, 0.3) is 0 Å². The smallest absolute Gasteiger partial charge is 0.405 e. The van der Waals surface area contributed by atoms with Crippen LogP contribution in [0.1, 0.15) is 0 Å². The van der Waals surface area contributed by atoms with Gasteiger partial charge >= 0.3 is 6.36 Å². The minimum atomic E-state index is -4.90. The van der Waals surface area contributed by atoms with Gasteiger partial charge in [-0.3, -0.25) is 0 Å². The Kier molecular flexibility index (Phi) is 3.60. The van der Waals surface area contributed by atoms with Gasteiger partial charge in [-0.05, 0) is 22.0 Å². The Balaban J connectivity index is 3.29. The van der Waals surface area contributed by atoms with E-state index in [4.69, 9.17) is 10.9 Å². The zero-order valence-electron chi connectivity index (χ0n) is 7.95. The van der Waals surface area contributed by atoms with Crippen LogP contribution in [-0.4, -0.2) is 14.8 Å². The molecule has 0 aliphatic rings. The Morgan fingerprint density at radius 3 is 2.24 bits per heavy atom. The van der Waals surface area contributed by atoms with Crippen LogP contribution in [0.2, 0.25) is 0 Å². The number of alkyl halides is 3. The van der Waals surface area contributed by atoms with Gasteiger partial charge in [-0.1, -0.05) is 0 Å². The number of sulfonamides is 1. The molecule has 0 unspecified atom stereocenters. The molecule has 1 aromatic rings. The zero-order chi connectivity index (χ0) is 13.4. The Hall–Kier alpha value is -1.00. The van der Waals surface area contributed by atoms with E-state index >= 15 is 0 Å². The van der Waals surface area contributed by atoms with Crippen LogP contribution in [0.15, 0.2) is 21.5 Å². The molecule has 0 atom stereocenters. The van der Waals surface area contributed by atoms with E-state index in [1.165, 1.54) is 0 Å². The first-order valence-electron chi connectivity index (χ1n) is 3.88. The highest BCUT2D eigenvalue weighted by molar-refractivity contribution is 9.10. The number of nitrogens with two attached hydrogens (primary N) is 2. The number of anilines is 1. The summed E-state index contributed by atoms with van der Waals surface area (Å²) in [6.07, 6.45) is -4.90. The van der Waals surface area contributed by atoms with E-state index < -0.39 is 32.7 Å². The Labute approximate surface area is 103 Å². The summed E-state index contributed by atoms with van der Waals surface area (Å²) in [6, 6.07) is 1.56. The van der Waals surface area contributed by atoms with Gasteiger partial charge in [0, 0.05) is 6.07 Å². The lowest BCUT2D eigenvalue weighted by Gasteiger charge is -2.12. The summed E-state index contributed by atoms with van der Waals surface area (Å²) in [5.74, 6) is -0.651. The summed E-state index contributed by atoms with van der Waals surface area (Å²) in [6.45, 7) is 0. The van der Waals surface area contributed by atoms with E-state index in [1.807, 2.05) is 0 Å².